The molecule has 128 valence electrons. The van der Waals surface area contributed by atoms with Crippen LogP contribution in [0.2, 0.25) is 0 Å². The predicted molar refractivity (Wildman–Crippen MR) is 89.7 cm³/mol. The Morgan fingerprint density at radius 2 is 2.12 bits per heavy atom. The zero-order valence-electron chi connectivity index (χ0n) is 13.7. The molecule has 0 aliphatic carbocycles. The summed E-state index contributed by atoms with van der Waals surface area (Å²) in [5.41, 5.74) is 1.28. The van der Waals surface area contributed by atoms with Gasteiger partial charge in [0.05, 0.1) is 17.6 Å². The zero-order valence-corrected chi connectivity index (χ0v) is 13.7. The van der Waals surface area contributed by atoms with Gasteiger partial charge in [-0.3, -0.25) is 19.7 Å². The lowest BCUT2D eigenvalue weighted by Gasteiger charge is -2.24. The van der Waals surface area contributed by atoms with Crippen LogP contribution < -0.4 is 0 Å². The molecule has 1 aliphatic rings. The fourth-order valence-corrected chi connectivity index (χ4v) is 3.41. The van der Waals surface area contributed by atoms with E-state index in [9.17, 15) is 15.2 Å². The summed E-state index contributed by atoms with van der Waals surface area (Å²) in [4.78, 5) is 12.5. The molecule has 0 radical (unpaired) electrons. The van der Waals surface area contributed by atoms with Crippen LogP contribution in [-0.2, 0) is 6.54 Å². The van der Waals surface area contributed by atoms with Gasteiger partial charge < -0.3 is 5.11 Å². The molecule has 1 aliphatic heterocycles. The Morgan fingerprint density at radius 1 is 1.38 bits per heavy atom. The second-order valence-electron chi connectivity index (χ2n) is 6.48. The Kier molecular flexibility index (Phi) is 4.92. The summed E-state index contributed by atoms with van der Waals surface area (Å²) >= 11 is 0. The van der Waals surface area contributed by atoms with E-state index in [0.29, 0.717) is 18.5 Å². The lowest BCUT2D eigenvalue weighted by molar-refractivity contribution is -0.385. The van der Waals surface area contributed by atoms with Crippen molar-refractivity contribution in [1.82, 2.24) is 14.7 Å². The van der Waals surface area contributed by atoms with Crippen molar-refractivity contribution < 1.29 is 10.0 Å². The van der Waals surface area contributed by atoms with Crippen molar-refractivity contribution in [3.05, 3.63) is 58.4 Å². The van der Waals surface area contributed by atoms with Crippen molar-refractivity contribution in [3.63, 3.8) is 0 Å². The molecule has 0 spiro atoms. The van der Waals surface area contributed by atoms with Crippen LogP contribution in [0.25, 0.3) is 0 Å². The number of hydrogen-bond donors (Lipinski definition) is 1. The number of rotatable bonds is 6. The van der Waals surface area contributed by atoms with Gasteiger partial charge >= 0.3 is 5.69 Å². The number of aliphatic hydroxyl groups excluding tert-OH is 1. The molecule has 3 atom stereocenters. The van der Waals surface area contributed by atoms with E-state index >= 15 is 0 Å². The molecule has 1 N–H and O–H groups in total. The van der Waals surface area contributed by atoms with E-state index in [4.69, 9.17) is 0 Å². The van der Waals surface area contributed by atoms with Crippen LogP contribution in [-0.4, -0.2) is 49.9 Å². The number of likely N-dealkylation sites (tertiary alicyclic amines) is 1. The molecule has 1 aromatic carbocycles. The maximum absolute atomic E-state index is 10.7. The number of β-amino-alcohol motifs (C(OH)–C–C–N with tert-alkyl or cyclic N) is 1. The summed E-state index contributed by atoms with van der Waals surface area (Å²) in [7, 11) is 0. The van der Waals surface area contributed by atoms with Gasteiger partial charge in [0.15, 0.2) is 0 Å². The fourth-order valence-electron chi connectivity index (χ4n) is 3.41. The van der Waals surface area contributed by atoms with Crippen molar-refractivity contribution in [2.45, 2.75) is 38.0 Å². The summed E-state index contributed by atoms with van der Waals surface area (Å²) in [6.45, 7) is 3.89. The van der Waals surface area contributed by atoms with E-state index in [-0.39, 0.29) is 12.2 Å². The molecule has 1 saturated heterocycles. The van der Waals surface area contributed by atoms with Crippen LogP contribution >= 0.6 is 0 Å². The molecule has 0 amide bonds. The van der Waals surface area contributed by atoms with E-state index in [1.807, 2.05) is 6.07 Å². The minimum absolute atomic E-state index is 0.0547. The third kappa shape index (κ3) is 3.80. The summed E-state index contributed by atoms with van der Waals surface area (Å²) < 4.78 is 1.43. The number of aromatic nitrogens is 2. The third-order valence-corrected chi connectivity index (χ3v) is 4.65. The first-order valence-electron chi connectivity index (χ1n) is 8.17. The standard InChI is InChI=1S/C17H22N4O3/c1-13-7-15(14-5-3-2-4-6-14)9-19(13)11-17(22)12-20-10-16(8-18-20)21(23)24/h2-6,8,10,13,15,17,22H,7,9,11-12H2,1H3/t13-,15-,17+/m1/s1. The van der Waals surface area contributed by atoms with E-state index in [1.54, 1.807) is 0 Å². The number of hydrogen-bond acceptors (Lipinski definition) is 5. The monoisotopic (exact) mass is 330 g/mol. The second kappa shape index (κ2) is 7.11. The second-order valence-corrected chi connectivity index (χ2v) is 6.48. The summed E-state index contributed by atoms with van der Waals surface area (Å²) in [5.74, 6) is 0.485. The van der Waals surface area contributed by atoms with Crippen molar-refractivity contribution in [2.24, 2.45) is 0 Å². The molecule has 1 aromatic heterocycles. The van der Waals surface area contributed by atoms with Crippen LogP contribution in [0.3, 0.4) is 0 Å². The van der Waals surface area contributed by atoms with Gasteiger partial charge in [-0.05, 0) is 24.8 Å². The molecule has 1 fully saturated rings. The van der Waals surface area contributed by atoms with Crippen LogP contribution in [0.4, 0.5) is 5.69 Å². The van der Waals surface area contributed by atoms with Crippen LogP contribution in [0, 0.1) is 10.1 Å². The van der Waals surface area contributed by atoms with Gasteiger partial charge in [0.1, 0.15) is 12.4 Å². The molecule has 0 unspecified atom stereocenters. The lowest BCUT2D eigenvalue weighted by atomic mass is 9.97. The Hall–Kier alpha value is -2.25. The number of nitro groups is 1. The molecule has 7 nitrogen and oxygen atoms in total. The van der Waals surface area contributed by atoms with Gasteiger partial charge in [0.2, 0.25) is 0 Å². The highest BCUT2D eigenvalue weighted by molar-refractivity contribution is 5.22. The number of nitrogens with zero attached hydrogens (tertiary/aromatic N) is 4. The number of aliphatic hydroxyl groups is 1. The molecular formula is C17H22N4O3. The Morgan fingerprint density at radius 3 is 2.79 bits per heavy atom. The summed E-state index contributed by atoms with van der Waals surface area (Å²) in [5, 5.41) is 24.9. The zero-order chi connectivity index (χ0) is 17.1. The third-order valence-electron chi connectivity index (χ3n) is 4.65. The Balaban J connectivity index is 1.56. The predicted octanol–water partition coefficient (Wildman–Crippen LogP) is 2.03. The first kappa shape index (κ1) is 16.6. The maximum Gasteiger partial charge on any atom is 0.306 e. The average Bonchev–Trinajstić information content (AvgIpc) is 3.16. The highest BCUT2D eigenvalue weighted by Gasteiger charge is 2.31. The quantitative estimate of drug-likeness (QED) is 0.647. The molecule has 0 saturated carbocycles. The molecule has 7 heteroatoms. The van der Waals surface area contributed by atoms with Gasteiger partial charge in [0, 0.05) is 19.1 Å². The lowest BCUT2D eigenvalue weighted by Crippen LogP contribution is -2.37. The topological polar surface area (TPSA) is 84.4 Å². The highest BCUT2D eigenvalue weighted by atomic mass is 16.6. The van der Waals surface area contributed by atoms with E-state index in [2.05, 4.69) is 41.2 Å². The van der Waals surface area contributed by atoms with Gasteiger partial charge in [-0.25, -0.2) is 0 Å². The van der Waals surface area contributed by atoms with Crippen LogP contribution in [0.15, 0.2) is 42.7 Å². The van der Waals surface area contributed by atoms with Crippen molar-refractivity contribution in [3.8, 4) is 0 Å². The minimum Gasteiger partial charge on any atom is -0.390 e. The van der Waals surface area contributed by atoms with Crippen molar-refractivity contribution in [1.29, 1.82) is 0 Å². The van der Waals surface area contributed by atoms with E-state index in [0.717, 1.165) is 13.0 Å². The Labute approximate surface area is 140 Å². The smallest absolute Gasteiger partial charge is 0.306 e. The normalized spacial score (nSPS) is 22.6. The van der Waals surface area contributed by atoms with Gasteiger partial charge in [-0.1, -0.05) is 30.3 Å². The van der Waals surface area contributed by atoms with Gasteiger partial charge in [-0.15, -0.1) is 0 Å². The molecule has 2 heterocycles. The fraction of sp³-hybridized carbons (Fsp3) is 0.471. The number of benzene rings is 1. The van der Waals surface area contributed by atoms with Crippen LogP contribution in [0.5, 0.6) is 0 Å². The molecule has 2 aromatic rings. The van der Waals surface area contributed by atoms with Crippen molar-refractivity contribution >= 4 is 5.69 Å². The van der Waals surface area contributed by atoms with Gasteiger partial charge in [0.25, 0.3) is 0 Å². The molecule has 24 heavy (non-hydrogen) atoms. The van der Waals surface area contributed by atoms with Crippen LogP contribution in [0.1, 0.15) is 24.8 Å². The SMILES string of the molecule is C[C@@H]1C[C@@H](c2ccccc2)CN1C[C@H](O)Cn1cc([N+](=O)[O-])cn1. The summed E-state index contributed by atoms with van der Waals surface area (Å²) in [6, 6.07) is 10.8. The van der Waals surface area contributed by atoms with E-state index in [1.165, 1.54) is 22.6 Å². The van der Waals surface area contributed by atoms with Gasteiger partial charge in [-0.2, -0.15) is 5.10 Å². The van der Waals surface area contributed by atoms with E-state index < -0.39 is 11.0 Å². The largest absolute Gasteiger partial charge is 0.390 e. The molecule has 0 bridgehead atoms. The Bertz CT molecular complexity index is 688. The first-order chi connectivity index (χ1) is 11.5. The minimum atomic E-state index is -0.610. The molecular weight excluding hydrogens is 308 g/mol. The van der Waals surface area contributed by atoms with Crippen molar-refractivity contribution in [2.75, 3.05) is 13.1 Å². The maximum atomic E-state index is 10.7. The summed E-state index contributed by atoms with van der Waals surface area (Å²) in [6.07, 6.45) is 3.02. The first-order valence-corrected chi connectivity index (χ1v) is 8.17. The average molecular weight is 330 g/mol. The highest BCUT2D eigenvalue weighted by Crippen LogP contribution is 2.31. The molecule has 3 rings (SSSR count).